The Kier molecular flexibility index (Phi) is 6.56. The van der Waals surface area contributed by atoms with E-state index in [-0.39, 0.29) is 31.3 Å². The van der Waals surface area contributed by atoms with E-state index in [1.165, 1.54) is 12.0 Å². The van der Waals surface area contributed by atoms with Crippen LogP contribution in [0.4, 0.5) is 10.5 Å². The summed E-state index contributed by atoms with van der Waals surface area (Å²) in [5.74, 6) is -0.935. The fraction of sp³-hybridized carbons (Fsp3) is 0.471. The van der Waals surface area contributed by atoms with E-state index in [1.54, 1.807) is 18.2 Å². The van der Waals surface area contributed by atoms with Crippen LogP contribution in [0.3, 0.4) is 0 Å². The smallest absolute Gasteiger partial charge is 0.412 e. The van der Waals surface area contributed by atoms with Crippen molar-refractivity contribution in [1.82, 2.24) is 4.90 Å². The minimum absolute atomic E-state index is 0. The summed E-state index contributed by atoms with van der Waals surface area (Å²) in [6, 6.07) is 4.12. The number of fused-ring (bicyclic) bond motifs is 2. The molecule has 0 aliphatic carbocycles. The molecule has 0 radical (unpaired) electrons. The number of anilines is 1. The predicted molar refractivity (Wildman–Crippen MR) is 101 cm³/mol. The average molecular weight is 418 g/mol. The second-order valence-corrected chi connectivity index (χ2v) is 6.89. The fourth-order valence-corrected chi connectivity index (χ4v) is 3.64. The monoisotopic (exact) mass is 417 g/mol. The summed E-state index contributed by atoms with van der Waals surface area (Å²) in [5.41, 5.74) is 6.21. The zero-order valence-electron chi connectivity index (χ0n) is 14.7. The summed E-state index contributed by atoms with van der Waals surface area (Å²) in [7, 11) is 1.24. The van der Waals surface area contributed by atoms with Gasteiger partial charge in [0.2, 0.25) is 5.91 Å². The number of nitrogens with one attached hydrogen (secondary N) is 1. The van der Waals surface area contributed by atoms with Gasteiger partial charge in [-0.15, -0.1) is 12.4 Å². The van der Waals surface area contributed by atoms with Crippen LogP contribution in [0.25, 0.3) is 0 Å². The molecule has 1 fully saturated rings. The first-order chi connectivity index (χ1) is 12.3. The lowest BCUT2D eigenvalue weighted by Crippen LogP contribution is -2.56. The van der Waals surface area contributed by atoms with Gasteiger partial charge >= 0.3 is 12.1 Å². The predicted octanol–water partition coefficient (Wildman–Crippen LogP) is 2.03. The molecular formula is C17H21Cl2N3O5. The van der Waals surface area contributed by atoms with E-state index in [0.717, 1.165) is 5.56 Å². The van der Waals surface area contributed by atoms with Gasteiger partial charge in [-0.3, -0.25) is 14.9 Å². The molecule has 8 nitrogen and oxygen atoms in total. The zero-order valence-corrected chi connectivity index (χ0v) is 16.3. The van der Waals surface area contributed by atoms with Crippen LogP contribution >= 0.6 is 24.0 Å². The molecule has 2 amide bonds. The van der Waals surface area contributed by atoms with E-state index in [2.05, 4.69) is 10.1 Å². The standard InChI is InChI=1S/C17H20ClN3O5.ClH/c1-25-14(22)8-12(19)15(23)21-6-2-5-17(9-21)11-7-10(18)3-4-13(11)20-16(24)26-17;/h3-4,7,12H,2,5-6,8-9,19H2,1H3,(H,20,24);1H/t12-,17-;/m0./s1. The number of hydrogen-bond donors (Lipinski definition) is 2. The van der Waals surface area contributed by atoms with Crippen molar-refractivity contribution in [2.45, 2.75) is 30.9 Å². The van der Waals surface area contributed by atoms with Crippen LogP contribution in [0.15, 0.2) is 18.2 Å². The number of benzene rings is 1. The van der Waals surface area contributed by atoms with Crippen LogP contribution < -0.4 is 11.1 Å². The molecule has 1 aromatic rings. The summed E-state index contributed by atoms with van der Waals surface area (Å²) in [6.07, 6.45) is 0.399. The normalized spacial score (nSPS) is 22.0. The molecule has 2 heterocycles. The Hall–Kier alpha value is -2.03. The number of rotatable bonds is 3. The van der Waals surface area contributed by atoms with Crippen molar-refractivity contribution in [3.8, 4) is 0 Å². The van der Waals surface area contributed by atoms with Crippen molar-refractivity contribution in [3.63, 3.8) is 0 Å². The fourth-order valence-electron chi connectivity index (χ4n) is 3.47. The minimum Gasteiger partial charge on any atom is -0.469 e. The summed E-state index contributed by atoms with van der Waals surface area (Å²) in [4.78, 5) is 37.6. The Balaban J connectivity index is 0.00000261. The maximum atomic E-state index is 12.6. The molecule has 27 heavy (non-hydrogen) atoms. The Morgan fingerprint density at radius 2 is 2.22 bits per heavy atom. The Morgan fingerprint density at radius 1 is 1.48 bits per heavy atom. The molecule has 3 rings (SSSR count). The van der Waals surface area contributed by atoms with Crippen molar-refractivity contribution in [2.24, 2.45) is 5.73 Å². The molecular weight excluding hydrogens is 397 g/mol. The number of nitrogens with two attached hydrogens (primary N) is 1. The van der Waals surface area contributed by atoms with Gasteiger partial charge in [-0.25, -0.2) is 4.79 Å². The number of hydrogen-bond acceptors (Lipinski definition) is 6. The van der Waals surface area contributed by atoms with E-state index in [9.17, 15) is 14.4 Å². The van der Waals surface area contributed by atoms with Crippen LogP contribution in [0.5, 0.6) is 0 Å². The maximum absolute atomic E-state index is 12.6. The highest BCUT2D eigenvalue weighted by Gasteiger charge is 2.46. The van der Waals surface area contributed by atoms with Crippen LogP contribution in [0.2, 0.25) is 5.02 Å². The number of esters is 1. The lowest BCUT2D eigenvalue weighted by molar-refractivity contribution is -0.147. The average Bonchev–Trinajstić information content (AvgIpc) is 2.61. The number of ether oxygens (including phenoxy) is 2. The molecule has 0 saturated carbocycles. The summed E-state index contributed by atoms with van der Waals surface area (Å²) >= 11 is 6.12. The van der Waals surface area contributed by atoms with Gasteiger partial charge in [0.1, 0.15) is 0 Å². The van der Waals surface area contributed by atoms with Gasteiger partial charge in [0.15, 0.2) is 5.60 Å². The highest BCUT2D eigenvalue weighted by atomic mass is 35.5. The summed E-state index contributed by atoms with van der Waals surface area (Å²) in [6.45, 7) is 0.623. The topological polar surface area (TPSA) is 111 Å². The second kappa shape index (κ2) is 8.33. The number of carbonyl (C=O) groups is 3. The second-order valence-electron chi connectivity index (χ2n) is 6.45. The van der Waals surface area contributed by atoms with Crippen molar-refractivity contribution in [3.05, 3.63) is 28.8 Å². The largest absolute Gasteiger partial charge is 0.469 e. The molecule has 10 heteroatoms. The van der Waals surface area contributed by atoms with E-state index in [0.29, 0.717) is 30.1 Å². The lowest BCUT2D eigenvalue weighted by atomic mass is 9.83. The highest BCUT2D eigenvalue weighted by molar-refractivity contribution is 6.30. The number of likely N-dealkylation sites (tertiary alicyclic amines) is 1. The quantitative estimate of drug-likeness (QED) is 0.727. The van der Waals surface area contributed by atoms with Crippen molar-refractivity contribution < 1.29 is 23.9 Å². The summed E-state index contributed by atoms with van der Waals surface area (Å²) < 4.78 is 10.2. The van der Waals surface area contributed by atoms with Gasteiger partial charge in [-0.05, 0) is 31.0 Å². The molecule has 2 aliphatic rings. The molecule has 0 bridgehead atoms. The van der Waals surface area contributed by atoms with Gasteiger partial charge < -0.3 is 20.1 Å². The first-order valence-electron chi connectivity index (χ1n) is 8.26. The van der Waals surface area contributed by atoms with Gasteiger partial charge in [0.05, 0.1) is 31.8 Å². The highest BCUT2D eigenvalue weighted by Crippen LogP contribution is 2.43. The summed E-state index contributed by atoms with van der Waals surface area (Å²) in [5, 5.41) is 3.16. The number of amides is 2. The molecule has 0 aromatic heterocycles. The van der Waals surface area contributed by atoms with Crippen LogP contribution in [-0.2, 0) is 24.7 Å². The van der Waals surface area contributed by atoms with E-state index < -0.39 is 23.7 Å². The number of methoxy groups -OCH3 is 1. The number of piperidine rings is 1. The van der Waals surface area contributed by atoms with Crippen molar-refractivity contribution in [2.75, 3.05) is 25.5 Å². The Morgan fingerprint density at radius 3 is 2.93 bits per heavy atom. The number of nitrogens with zero attached hydrogens (tertiary/aromatic N) is 1. The maximum Gasteiger partial charge on any atom is 0.412 e. The Labute approximate surface area is 167 Å². The first-order valence-corrected chi connectivity index (χ1v) is 8.63. The Bertz CT molecular complexity index is 760. The van der Waals surface area contributed by atoms with E-state index in [4.69, 9.17) is 22.1 Å². The third-order valence-electron chi connectivity index (χ3n) is 4.70. The number of carbonyl (C=O) groups excluding carboxylic acids is 3. The lowest BCUT2D eigenvalue weighted by Gasteiger charge is -2.45. The molecule has 1 spiro atoms. The van der Waals surface area contributed by atoms with Gasteiger partial charge in [0, 0.05) is 17.1 Å². The first kappa shape index (κ1) is 21.3. The van der Waals surface area contributed by atoms with Gasteiger partial charge in [-0.2, -0.15) is 0 Å². The van der Waals surface area contributed by atoms with Crippen molar-refractivity contribution >= 4 is 47.7 Å². The number of halogens is 2. The van der Waals surface area contributed by atoms with Crippen LogP contribution in [0.1, 0.15) is 24.8 Å². The SMILES string of the molecule is COC(=O)C[C@H](N)C(=O)N1CCC[C@@]2(C1)OC(=O)Nc1ccc(Cl)cc12.Cl. The minimum atomic E-state index is -1.01. The molecule has 2 atom stereocenters. The molecule has 1 aromatic carbocycles. The van der Waals surface area contributed by atoms with Gasteiger partial charge in [-0.1, -0.05) is 11.6 Å². The zero-order chi connectivity index (χ0) is 18.9. The third-order valence-corrected chi connectivity index (χ3v) is 4.93. The van der Waals surface area contributed by atoms with Crippen LogP contribution in [-0.4, -0.2) is 49.1 Å². The van der Waals surface area contributed by atoms with E-state index >= 15 is 0 Å². The third kappa shape index (κ3) is 4.28. The molecule has 0 unspecified atom stereocenters. The van der Waals surface area contributed by atoms with Crippen molar-refractivity contribution in [1.29, 1.82) is 0 Å². The molecule has 1 saturated heterocycles. The van der Waals surface area contributed by atoms with Crippen LogP contribution in [0, 0.1) is 0 Å². The van der Waals surface area contributed by atoms with E-state index in [1.807, 2.05) is 0 Å². The molecule has 148 valence electrons. The molecule has 2 aliphatic heterocycles. The molecule has 3 N–H and O–H groups in total. The van der Waals surface area contributed by atoms with Gasteiger partial charge in [0.25, 0.3) is 0 Å².